The van der Waals surface area contributed by atoms with Crippen LogP contribution in [0.1, 0.15) is 57.6 Å². The van der Waals surface area contributed by atoms with Crippen molar-refractivity contribution in [3.8, 4) is 0 Å². The lowest BCUT2D eigenvalue weighted by Crippen LogP contribution is -2.48. The smallest absolute Gasteiger partial charge is 0.333 e. The SMILES string of the molecule is CCCCCC[C@](C)(OC)C(=O)N[C@@H](C(=O)OC)c1ccccc1. The maximum Gasteiger partial charge on any atom is 0.333 e. The summed E-state index contributed by atoms with van der Waals surface area (Å²) >= 11 is 0. The van der Waals surface area contributed by atoms with Crippen molar-refractivity contribution in [1.29, 1.82) is 0 Å². The third kappa shape index (κ3) is 5.64. The van der Waals surface area contributed by atoms with Gasteiger partial charge in [-0.3, -0.25) is 4.79 Å². The second-order valence-electron chi connectivity index (χ2n) is 6.09. The minimum atomic E-state index is -0.963. The zero-order valence-electron chi connectivity index (χ0n) is 15.1. The molecule has 0 bridgehead atoms. The van der Waals surface area contributed by atoms with Gasteiger partial charge in [0, 0.05) is 7.11 Å². The van der Waals surface area contributed by atoms with Crippen molar-refractivity contribution in [2.75, 3.05) is 14.2 Å². The van der Waals surface area contributed by atoms with Gasteiger partial charge < -0.3 is 14.8 Å². The molecule has 24 heavy (non-hydrogen) atoms. The summed E-state index contributed by atoms with van der Waals surface area (Å²) in [5.41, 5.74) is -0.281. The van der Waals surface area contributed by atoms with E-state index in [1.54, 1.807) is 19.1 Å². The van der Waals surface area contributed by atoms with Crippen molar-refractivity contribution in [2.45, 2.75) is 57.6 Å². The highest BCUT2D eigenvalue weighted by molar-refractivity contribution is 5.90. The number of rotatable bonds is 10. The number of hydrogen-bond acceptors (Lipinski definition) is 4. The largest absolute Gasteiger partial charge is 0.467 e. The van der Waals surface area contributed by atoms with E-state index in [1.807, 2.05) is 18.2 Å². The van der Waals surface area contributed by atoms with Gasteiger partial charge in [-0.2, -0.15) is 0 Å². The number of methoxy groups -OCH3 is 2. The minimum Gasteiger partial charge on any atom is -0.467 e. The van der Waals surface area contributed by atoms with Crippen molar-refractivity contribution in [1.82, 2.24) is 5.32 Å². The molecule has 0 aliphatic rings. The molecule has 0 aliphatic carbocycles. The summed E-state index contributed by atoms with van der Waals surface area (Å²) in [5, 5.41) is 2.78. The van der Waals surface area contributed by atoms with Crippen molar-refractivity contribution >= 4 is 11.9 Å². The Bertz CT molecular complexity index is 517. The van der Waals surface area contributed by atoms with Crippen molar-refractivity contribution in [3.63, 3.8) is 0 Å². The molecule has 1 N–H and O–H groups in total. The normalized spacial score (nSPS) is 14.5. The van der Waals surface area contributed by atoms with Crippen LogP contribution in [0.25, 0.3) is 0 Å². The standard InChI is InChI=1S/C19H29NO4/c1-5-6-7-11-14-19(2,24-4)18(22)20-16(17(21)23-3)15-12-9-8-10-13-15/h8-10,12-13,16H,5-7,11,14H2,1-4H3,(H,20,22)/t16-,19+/m1/s1. The Morgan fingerprint density at radius 1 is 1.12 bits per heavy atom. The highest BCUT2D eigenvalue weighted by Crippen LogP contribution is 2.22. The summed E-state index contributed by atoms with van der Waals surface area (Å²) in [5.74, 6) is -0.806. The average molecular weight is 335 g/mol. The van der Waals surface area contributed by atoms with Crippen LogP contribution in [0.5, 0.6) is 0 Å². The zero-order valence-corrected chi connectivity index (χ0v) is 15.1. The molecule has 0 spiro atoms. The molecular weight excluding hydrogens is 306 g/mol. The number of carbonyl (C=O) groups is 2. The monoisotopic (exact) mass is 335 g/mol. The van der Waals surface area contributed by atoms with Gasteiger partial charge >= 0.3 is 5.97 Å². The minimum absolute atomic E-state index is 0.305. The van der Waals surface area contributed by atoms with Gasteiger partial charge in [0.15, 0.2) is 6.04 Å². The molecule has 0 radical (unpaired) electrons. The van der Waals surface area contributed by atoms with Crippen LogP contribution in [0.3, 0.4) is 0 Å². The number of carbonyl (C=O) groups excluding carboxylic acids is 2. The molecule has 134 valence electrons. The molecule has 0 saturated carbocycles. The average Bonchev–Trinajstić information content (AvgIpc) is 2.62. The number of hydrogen-bond donors (Lipinski definition) is 1. The van der Waals surface area contributed by atoms with E-state index in [9.17, 15) is 9.59 Å². The number of esters is 1. The quantitative estimate of drug-likeness (QED) is 0.526. The first-order valence-electron chi connectivity index (χ1n) is 8.47. The Hall–Kier alpha value is -1.88. The number of amides is 1. The summed E-state index contributed by atoms with van der Waals surface area (Å²) in [7, 11) is 2.83. The Labute approximate surface area is 144 Å². The molecule has 1 aromatic rings. The summed E-state index contributed by atoms with van der Waals surface area (Å²) < 4.78 is 10.3. The van der Waals surface area contributed by atoms with Gasteiger partial charge in [0.25, 0.3) is 5.91 Å². The Kier molecular flexibility index (Phi) is 8.47. The predicted octanol–water partition coefficient (Wildman–Crippen LogP) is 3.39. The summed E-state index contributed by atoms with van der Waals surface area (Å²) in [6, 6.07) is 8.22. The molecule has 1 rings (SSSR count). The molecule has 0 saturated heterocycles. The molecule has 0 heterocycles. The second kappa shape index (κ2) is 10.1. The van der Waals surface area contributed by atoms with E-state index < -0.39 is 17.6 Å². The highest BCUT2D eigenvalue weighted by Gasteiger charge is 2.36. The molecule has 0 aliphatic heterocycles. The van der Waals surface area contributed by atoms with E-state index in [0.29, 0.717) is 12.0 Å². The summed E-state index contributed by atoms with van der Waals surface area (Å²) in [4.78, 5) is 24.8. The van der Waals surface area contributed by atoms with Crippen LogP contribution in [0, 0.1) is 0 Å². The van der Waals surface area contributed by atoms with Crippen LogP contribution < -0.4 is 5.32 Å². The summed E-state index contributed by atoms with van der Waals surface area (Å²) in [6.07, 6.45) is 4.84. The van der Waals surface area contributed by atoms with Crippen LogP contribution in [-0.2, 0) is 19.1 Å². The van der Waals surface area contributed by atoms with Crippen molar-refractivity contribution < 1.29 is 19.1 Å². The van der Waals surface area contributed by atoms with E-state index in [2.05, 4.69) is 12.2 Å². The molecule has 0 aromatic heterocycles. The van der Waals surface area contributed by atoms with Gasteiger partial charge in [0.05, 0.1) is 7.11 Å². The second-order valence-corrected chi connectivity index (χ2v) is 6.09. The molecule has 5 nitrogen and oxygen atoms in total. The van der Waals surface area contributed by atoms with Gasteiger partial charge in [-0.1, -0.05) is 62.9 Å². The van der Waals surface area contributed by atoms with Crippen molar-refractivity contribution in [2.24, 2.45) is 0 Å². The molecule has 1 amide bonds. The van der Waals surface area contributed by atoms with Gasteiger partial charge in [-0.05, 0) is 18.9 Å². The third-order valence-electron chi connectivity index (χ3n) is 4.28. The fourth-order valence-corrected chi connectivity index (χ4v) is 2.52. The van der Waals surface area contributed by atoms with E-state index in [0.717, 1.165) is 25.7 Å². The van der Waals surface area contributed by atoms with Gasteiger partial charge in [-0.15, -0.1) is 0 Å². The van der Waals surface area contributed by atoms with E-state index in [4.69, 9.17) is 9.47 Å². The Balaban J connectivity index is 2.83. The number of unbranched alkanes of at least 4 members (excludes halogenated alkanes) is 3. The first-order valence-corrected chi connectivity index (χ1v) is 8.47. The Morgan fingerprint density at radius 2 is 1.79 bits per heavy atom. The van der Waals surface area contributed by atoms with Crippen LogP contribution in [0.2, 0.25) is 0 Å². The fraction of sp³-hybridized carbons (Fsp3) is 0.579. The number of benzene rings is 1. The maximum absolute atomic E-state index is 12.7. The predicted molar refractivity (Wildman–Crippen MR) is 93.5 cm³/mol. The van der Waals surface area contributed by atoms with E-state index in [1.165, 1.54) is 14.2 Å². The lowest BCUT2D eigenvalue weighted by molar-refractivity contribution is -0.151. The Morgan fingerprint density at radius 3 is 2.33 bits per heavy atom. The summed E-state index contributed by atoms with van der Waals surface area (Å²) in [6.45, 7) is 3.90. The van der Waals surface area contributed by atoms with Crippen LogP contribution in [0.15, 0.2) is 30.3 Å². The molecule has 2 atom stereocenters. The molecule has 1 aromatic carbocycles. The van der Waals surface area contributed by atoms with Crippen LogP contribution in [-0.4, -0.2) is 31.7 Å². The first kappa shape index (κ1) is 20.2. The van der Waals surface area contributed by atoms with Crippen LogP contribution in [0.4, 0.5) is 0 Å². The van der Waals surface area contributed by atoms with Crippen LogP contribution >= 0.6 is 0 Å². The van der Waals surface area contributed by atoms with E-state index in [-0.39, 0.29) is 5.91 Å². The topological polar surface area (TPSA) is 64.6 Å². The lowest BCUT2D eigenvalue weighted by atomic mass is 9.95. The molecular formula is C19H29NO4. The van der Waals surface area contributed by atoms with Gasteiger partial charge in [0.2, 0.25) is 0 Å². The molecule has 5 heteroatoms. The number of ether oxygens (including phenoxy) is 2. The highest BCUT2D eigenvalue weighted by atomic mass is 16.5. The maximum atomic E-state index is 12.7. The van der Waals surface area contributed by atoms with Gasteiger partial charge in [-0.25, -0.2) is 4.79 Å². The molecule has 0 unspecified atom stereocenters. The molecule has 0 fully saturated rings. The fourth-order valence-electron chi connectivity index (χ4n) is 2.52. The first-order chi connectivity index (χ1) is 11.5. The lowest BCUT2D eigenvalue weighted by Gasteiger charge is -2.29. The third-order valence-corrected chi connectivity index (χ3v) is 4.28. The van der Waals surface area contributed by atoms with Gasteiger partial charge in [0.1, 0.15) is 5.60 Å². The zero-order chi connectivity index (χ0) is 18.0. The van der Waals surface area contributed by atoms with E-state index >= 15 is 0 Å². The number of nitrogens with one attached hydrogen (secondary N) is 1. The van der Waals surface area contributed by atoms with Crippen molar-refractivity contribution in [3.05, 3.63) is 35.9 Å².